The summed E-state index contributed by atoms with van der Waals surface area (Å²) >= 11 is 6.09. The van der Waals surface area contributed by atoms with Gasteiger partial charge in [-0.15, -0.1) is 0 Å². The Labute approximate surface area is 209 Å². The van der Waals surface area contributed by atoms with Crippen molar-refractivity contribution in [1.29, 1.82) is 0 Å². The number of carbonyl (C=O) groups excluding carboxylic acids is 2. The fourth-order valence-corrected chi connectivity index (χ4v) is 5.04. The smallest absolute Gasteiger partial charge is 0.250 e. The minimum atomic E-state index is -0.943. The topological polar surface area (TPSA) is 67.9 Å². The molecule has 2 amide bonds. The molecular formula is C28H27ClN2O4. The monoisotopic (exact) mass is 490 g/mol. The summed E-state index contributed by atoms with van der Waals surface area (Å²) < 4.78 is 10.8. The molecule has 7 heteroatoms. The molecule has 0 aromatic heterocycles. The summed E-state index contributed by atoms with van der Waals surface area (Å²) in [6.45, 7) is 0.497. The fourth-order valence-electron chi connectivity index (χ4n) is 4.92. The van der Waals surface area contributed by atoms with E-state index in [1.807, 2.05) is 54.6 Å². The first kappa shape index (κ1) is 23.2. The zero-order valence-corrected chi connectivity index (χ0v) is 20.1. The normalized spacial score (nSPS) is 15.6. The van der Waals surface area contributed by atoms with E-state index < -0.39 is 5.54 Å². The predicted octanol–water partition coefficient (Wildman–Crippen LogP) is 5.59. The third kappa shape index (κ3) is 4.98. The van der Waals surface area contributed by atoms with Crippen molar-refractivity contribution in [2.45, 2.75) is 44.2 Å². The van der Waals surface area contributed by atoms with Crippen molar-refractivity contribution in [3.63, 3.8) is 0 Å². The largest absolute Gasteiger partial charge is 0.454 e. The molecule has 35 heavy (non-hydrogen) atoms. The third-order valence-electron chi connectivity index (χ3n) is 6.75. The summed E-state index contributed by atoms with van der Waals surface area (Å²) in [6.07, 6.45) is 3.21. The van der Waals surface area contributed by atoms with Gasteiger partial charge in [-0.05, 0) is 48.2 Å². The van der Waals surface area contributed by atoms with Gasteiger partial charge < -0.3 is 19.7 Å². The van der Waals surface area contributed by atoms with E-state index in [1.54, 1.807) is 23.1 Å². The van der Waals surface area contributed by atoms with Crippen LogP contribution in [0.2, 0.25) is 5.02 Å². The Morgan fingerprint density at radius 3 is 2.34 bits per heavy atom. The molecule has 1 aliphatic heterocycles. The quantitative estimate of drug-likeness (QED) is 0.468. The number of ether oxygens (including phenoxy) is 2. The number of amides is 2. The van der Waals surface area contributed by atoms with Gasteiger partial charge in [-0.3, -0.25) is 9.59 Å². The highest BCUT2D eigenvalue weighted by Crippen LogP contribution is 2.39. The zero-order valence-electron chi connectivity index (χ0n) is 19.3. The number of benzene rings is 3. The molecule has 0 bridgehead atoms. The van der Waals surface area contributed by atoms with Gasteiger partial charge in [0.25, 0.3) is 0 Å². The maximum absolute atomic E-state index is 13.9. The van der Waals surface area contributed by atoms with Crippen molar-refractivity contribution < 1.29 is 19.1 Å². The first-order valence-corrected chi connectivity index (χ1v) is 12.2. The fraction of sp³-hybridized carbons (Fsp3) is 0.286. The number of nitrogens with zero attached hydrogens (tertiary/aromatic N) is 1. The molecule has 0 radical (unpaired) electrons. The van der Waals surface area contributed by atoms with E-state index in [9.17, 15) is 9.59 Å². The minimum Gasteiger partial charge on any atom is -0.454 e. The number of halogens is 1. The highest BCUT2D eigenvalue weighted by molar-refractivity contribution is 6.30. The van der Waals surface area contributed by atoms with Crippen molar-refractivity contribution in [1.82, 2.24) is 4.90 Å². The summed E-state index contributed by atoms with van der Waals surface area (Å²) in [6, 6.07) is 22.4. The van der Waals surface area contributed by atoms with E-state index in [-0.39, 0.29) is 25.0 Å². The van der Waals surface area contributed by atoms with Gasteiger partial charge in [0.05, 0.1) is 6.42 Å². The molecule has 5 rings (SSSR count). The molecule has 2 aliphatic rings. The van der Waals surface area contributed by atoms with Gasteiger partial charge in [-0.1, -0.05) is 66.9 Å². The third-order valence-corrected chi connectivity index (χ3v) is 7.01. The minimum absolute atomic E-state index is 0.0751. The van der Waals surface area contributed by atoms with Crippen LogP contribution >= 0.6 is 11.6 Å². The zero-order chi connectivity index (χ0) is 24.3. The highest BCUT2D eigenvalue weighted by atomic mass is 35.5. The van der Waals surface area contributed by atoms with E-state index in [0.717, 1.165) is 24.0 Å². The average molecular weight is 491 g/mol. The first-order chi connectivity index (χ1) is 17.0. The van der Waals surface area contributed by atoms with E-state index in [4.69, 9.17) is 21.1 Å². The molecule has 1 heterocycles. The Morgan fingerprint density at radius 2 is 1.60 bits per heavy atom. The number of hydrogen-bond acceptors (Lipinski definition) is 4. The molecule has 0 atom stereocenters. The Hall–Kier alpha value is -3.51. The van der Waals surface area contributed by atoms with Crippen molar-refractivity contribution in [3.8, 4) is 11.5 Å². The number of hydrogen-bond donors (Lipinski definition) is 1. The van der Waals surface area contributed by atoms with E-state index >= 15 is 0 Å². The van der Waals surface area contributed by atoms with Gasteiger partial charge in [0, 0.05) is 23.3 Å². The maximum atomic E-state index is 13.9. The van der Waals surface area contributed by atoms with Crippen LogP contribution in [0, 0.1) is 0 Å². The molecule has 1 fully saturated rings. The number of carbonyl (C=O) groups is 2. The van der Waals surface area contributed by atoms with Crippen LogP contribution in [0.25, 0.3) is 0 Å². The molecular weight excluding hydrogens is 464 g/mol. The van der Waals surface area contributed by atoms with Crippen molar-refractivity contribution in [3.05, 3.63) is 88.9 Å². The van der Waals surface area contributed by atoms with Crippen molar-refractivity contribution in [2.75, 3.05) is 12.1 Å². The second kappa shape index (κ2) is 10.0. The second-order valence-electron chi connectivity index (χ2n) is 9.03. The lowest BCUT2D eigenvalue weighted by Crippen LogP contribution is -2.57. The van der Waals surface area contributed by atoms with Crippen LogP contribution in [-0.4, -0.2) is 29.0 Å². The molecule has 1 saturated carbocycles. The SMILES string of the molecule is O=C(Cc1ccccc1)N(Cc1ccc(Cl)cc1)C1(C(=O)Nc2ccc3c(c2)OCO3)CCCC1. The number of fused-ring (bicyclic) bond motifs is 1. The van der Waals surface area contributed by atoms with Crippen LogP contribution in [-0.2, 0) is 22.6 Å². The summed E-state index contributed by atoms with van der Waals surface area (Å²) in [5.41, 5.74) is 1.52. The molecule has 1 N–H and O–H groups in total. The Morgan fingerprint density at radius 1 is 0.886 bits per heavy atom. The van der Waals surface area contributed by atoms with Gasteiger partial charge >= 0.3 is 0 Å². The first-order valence-electron chi connectivity index (χ1n) is 11.8. The van der Waals surface area contributed by atoms with Crippen LogP contribution in [0.3, 0.4) is 0 Å². The Kier molecular flexibility index (Phi) is 6.64. The predicted molar refractivity (Wildman–Crippen MR) is 135 cm³/mol. The number of nitrogens with one attached hydrogen (secondary N) is 1. The van der Waals surface area contributed by atoms with Gasteiger partial charge in [0.15, 0.2) is 11.5 Å². The highest BCUT2D eigenvalue weighted by Gasteiger charge is 2.48. The molecule has 0 unspecified atom stereocenters. The second-order valence-corrected chi connectivity index (χ2v) is 9.47. The van der Waals surface area contributed by atoms with Gasteiger partial charge in [0.1, 0.15) is 5.54 Å². The van der Waals surface area contributed by atoms with Crippen molar-refractivity contribution >= 4 is 29.1 Å². The summed E-state index contributed by atoms with van der Waals surface area (Å²) in [5.74, 6) is 1.00. The number of anilines is 1. The molecule has 0 saturated heterocycles. The summed E-state index contributed by atoms with van der Waals surface area (Å²) in [7, 11) is 0. The van der Waals surface area contributed by atoms with Crippen LogP contribution in [0.1, 0.15) is 36.8 Å². The lowest BCUT2D eigenvalue weighted by Gasteiger charge is -2.40. The maximum Gasteiger partial charge on any atom is 0.250 e. The van der Waals surface area contributed by atoms with Crippen molar-refractivity contribution in [2.24, 2.45) is 0 Å². The lowest BCUT2D eigenvalue weighted by molar-refractivity contribution is -0.145. The van der Waals surface area contributed by atoms with Gasteiger partial charge in [-0.2, -0.15) is 0 Å². The van der Waals surface area contributed by atoms with E-state index in [1.165, 1.54) is 0 Å². The summed E-state index contributed by atoms with van der Waals surface area (Å²) in [4.78, 5) is 29.4. The summed E-state index contributed by atoms with van der Waals surface area (Å²) in [5, 5.41) is 3.69. The molecule has 3 aromatic carbocycles. The Balaban J connectivity index is 1.46. The van der Waals surface area contributed by atoms with E-state index in [0.29, 0.717) is 41.6 Å². The van der Waals surface area contributed by atoms with Crippen LogP contribution in [0.15, 0.2) is 72.8 Å². The standard InChI is InChI=1S/C28H27ClN2O4/c29-22-10-8-21(9-11-22)18-31(26(32)16-20-6-2-1-3-7-20)28(14-4-5-15-28)27(33)30-23-12-13-24-25(17-23)35-19-34-24/h1-3,6-13,17H,4-5,14-16,18-19H2,(H,30,33). The van der Waals surface area contributed by atoms with E-state index in [2.05, 4.69) is 5.32 Å². The molecule has 180 valence electrons. The van der Waals surface area contributed by atoms with Crippen LogP contribution in [0.4, 0.5) is 5.69 Å². The number of rotatable bonds is 7. The molecule has 0 spiro atoms. The molecule has 1 aliphatic carbocycles. The van der Waals surface area contributed by atoms with Crippen LogP contribution in [0.5, 0.6) is 11.5 Å². The molecule has 6 nitrogen and oxygen atoms in total. The van der Waals surface area contributed by atoms with Crippen LogP contribution < -0.4 is 14.8 Å². The van der Waals surface area contributed by atoms with Gasteiger partial charge in [-0.25, -0.2) is 0 Å². The Bertz CT molecular complexity index is 1210. The molecule has 3 aromatic rings. The lowest BCUT2D eigenvalue weighted by atomic mass is 9.91. The van der Waals surface area contributed by atoms with Gasteiger partial charge in [0.2, 0.25) is 18.6 Å². The average Bonchev–Trinajstić information content (AvgIpc) is 3.54.